The van der Waals surface area contributed by atoms with Crippen molar-refractivity contribution in [2.75, 3.05) is 0 Å². The summed E-state index contributed by atoms with van der Waals surface area (Å²) >= 11 is 1.48. The summed E-state index contributed by atoms with van der Waals surface area (Å²) in [6.07, 6.45) is 1.88. The number of aromatic nitrogens is 4. The van der Waals surface area contributed by atoms with Crippen molar-refractivity contribution in [2.24, 2.45) is 0 Å². The molecule has 2 heterocycles. The Bertz CT molecular complexity index is 1160. The van der Waals surface area contributed by atoms with E-state index in [0.29, 0.717) is 23.0 Å². The molecule has 0 aliphatic heterocycles. The summed E-state index contributed by atoms with van der Waals surface area (Å²) in [4.78, 5) is 19.8. The summed E-state index contributed by atoms with van der Waals surface area (Å²) in [7, 11) is 0. The van der Waals surface area contributed by atoms with Gasteiger partial charge in [0.1, 0.15) is 0 Å². The molecule has 0 spiro atoms. The van der Waals surface area contributed by atoms with E-state index in [2.05, 4.69) is 10.1 Å². The number of imidazole rings is 1. The van der Waals surface area contributed by atoms with Crippen LogP contribution in [0.15, 0.2) is 70.5 Å². The molecule has 2 aromatic heterocycles. The lowest BCUT2D eigenvalue weighted by Gasteiger charge is -2.09. The van der Waals surface area contributed by atoms with Gasteiger partial charge in [-0.15, -0.1) is 0 Å². The number of rotatable bonds is 6. The van der Waals surface area contributed by atoms with Crippen LogP contribution < -0.4 is 0 Å². The van der Waals surface area contributed by atoms with E-state index in [-0.39, 0.29) is 10.9 Å². The second kappa shape index (κ2) is 7.88. The highest BCUT2D eigenvalue weighted by Gasteiger charge is 2.20. The summed E-state index contributed by atoms with van der Waals surface area (Å²) in [6, 6.07) is 16.2. The van der Waals surface area contributed by atoms with Gasteiger partial charge in [0.2, 0.25) is 5.89 Å². The lowest BCUT2D eigenvalue weighted by atomic mass is 10.1. The average molecular weight is 407 g/mol. The first-order valence-corrected chi connectivity index (χ1v) is 9.76. The number of hydrogen-bond acceptors (Lipinski definition) is 7. The topological polar surface area (TPSA) is 99.9 Å². The fourth-order valence-electron chi connectivity index (χ4n) is 2.82. The van der Waals surface area contributed by atoms with Crippen molar-refractivity contribution in [1.29, 1.82) is 0 Å². The molecule has 0 aliphatic carbocycles. The van der Waals surface area contributed by atoms with E-state index in [9.17, 15) is 10.1 Å². The molecule has 2 aromatic carbocycles. The molecule has 0 N–H and O–H groups in total. The Labute approximate surface area is 170 Å². The Kier molecular flexibility index (Phi) is 5.13. The minimum Gasteiger partial charge on any atom is -0.338 e. The van der Waals surface area contributed by atoms with Crippen molar-refractivity contribution in [3.63, 3.8) is 0 Å². The molecule has 0 saturated heterocycles. The van der Waals surface area contributed by atoms with Crippen LogP contribution in [0, 0.1) is 17.0 Å². The van der Waals surface area contributed by atoms with Crippen LogP contribution in [0.1, 0.15) is 23.9 Å². The van der Waals surface area contributed by atoms with Gasteiger partial charge in [-0.3, -0.25) is 14.7 Å². The van der Waals surface area contributed by atoms with Crippen LogP contribution in [-0.4, -0.2) is 24.6 Å². The Morgan fingerprint density at radius 3 is 2.62 bits per heavy atom. The quantitative estimate of drug-likeness (QED) is 0.252. The Hall–Kier alpha value is -3.46. The van der Waals surface area contributed by atoms with Crippen molar-refractivity contribution in [3.05, 3.63) is 82.6 Å². The minimum atomic E-state index is -0.409. The third-order valence-corrected chi connectivity index (χ3v) is 5.29. The highest BCUT2D eigenvalue weighted by molar-refractivity contribution is 7.99. The van der Waals surface area contributed by atoms with E-state index in [4.69, 9.17) is 9.51 Å². The SMILES string of the molecule is Cc1noc([C@@H](C)Sc2nc(-c3cccc([N+](=O)[O-])c3)cn2-c2ccccc2)n1. The number of nitrogens with zero attached hydrogens (tertiary/aromatic N) is 5. The summed E-state index contributed by atoms with van der Waals surface area (Å²) in [5, 5.41) is 15.6. The van der Waals surface area contributed by atoms with Gasteiger partial charge >= 0.3 is 0 Å². The molecule has 0 amide bonds. The van der Waals surface area contributed by atoms with E-state index >= 15 is 0 Å². The van der Waals surface area contributed by atoms with Crippen molar-refractivity contribution in [2.45, 2.75) is 24.3 Å². The van der Waals surface area contributed by atoms with Gasteiger partial charge in [0, 0.05) is 29.6 Å². The molecular formula is C20H17N5O3S. The first kappa shape index (κ1) is 18.9. The number of nitro groups is 1. The Morgan fingerprint density at radius 1 is 1.14 bits per heavy atom. The van der Waals surface area contributed by atoms with Gasteiger partial charge in [-0.2, -0.15) is 4.98 Å². The van der Waals surface area contributed by atoms with Gasteiger partial charge < -0.3 is 4.52 Å². The number of non-ortho nitro benzene ring substituents is 1. The van der Waals surface area contributed by atoms with E-state index in [1.165, 1.54) is 23.9 Å². The predicted molar refractivity (Wildman–Crippen MR) is 109 cm³/mol. The average Bonchev–Trinajstić information content (AvgIpc) is 3.35. The fourth-order valence-corrected chi connectivity index (χ4v) is 3.76. The van der Waals surface area contributed by atoms with E-state index in [1.54, 1.807) is 13.0 Å². The van der Waals surface area contributed by atoms with Crippen LogP contribution in [0.3, 0.4) is 0 Å². The van der Waals surface area contributed by atoms with Gasteiger partial charge in [0.25, 0.3) is 5.69 Å². The van der Waals surface area contributed by atoms with Gasteiger partial charge in [-0.05, 0) is 26.0 Å². The molecule has 0 radical (unpaired) electrons. The van der Waals surface area contributed by atoms with Crippen LogP contribution in [0.25, 0.3) is 16.9 Å². The number of hydrogen-bond donors (Lipinski definition) is 0. The van der Waals surface area contributed by atoms with Gasteiger partial charge in [0.05, 0.1) is 15.9 Å². The predicted octanol–water partition coefficient (Wildman–Crippen LogP) is 4.99. The van der Waals surface area contributed by atoms with Crippen molar-refractivity contribution in [3.8, 4) is 16.9 Å². The van der Waals surface area contributed by atoms with Crippen molar-refractivity contribution < 1.29 is 9.45 Å². The largest absolute Gasteiger partial charge is 0.338 e. The first-order chi connectivity index (χ1) is 14.0. The van der Waals surface area contributed by atoms with E-state index in [0.717, 1.165) is 10.8 Å². The Morgan fingerprint density at radius 2 is 1.93 bits per heavy atom. The molecule has 0 fully saturated rings. The molecule has 0 saturated carbocycles. The highest BCUT2D eigenvalue weighted by atomic mass is 32.2. The molecule has 8 nitrogen and oxygen atoms in total. The minimum absolute atomic E-state index is 0.0284. The summed E-state index contributed by atoms with van der Waals surface area (Å²) in [5.41, 5.74) is 2.29. The normalized spacial score (nSPS) is 12.1. The number of para-hydroxylation sites is 1. The summed E-state index contributed by atoms with van der Waals surface area (Å²) < 4.78 is 7.24. The second-order valence-electron chi connectivity index (χ2n) is 6.36. The maximum atomic E-state index is 11.1. The molecule has 0 bridgehead atoms. The molecule has 0 aliphatic rings. The number of benzene rings is 2. The fraction of sp³-hybridized carbons (Fsp3) is 0.150. The van der Waals surface area contributed by atoms with E-state index in [1.807, 2.05) is 54.1 Å². The smallest absolute Gasteiger partial charge is 0.270 e. The third-order valence-electron chi connectivity index (χ3n) is 4.23. The van der Waals surface area contributed by atoms with Crippen LogP contribution in [0.4, 0.5) is 5.69 Å². The van der Waals surface area contributed by atoms with Gasteiger partial charge in [0.15, 0.2) is 11.0 Å². The molecule has 29 heavy (non-hydrogen) atoms. The molecule has 0 unspecified atom stereocenters. The van der Waals surface area contributed by atoms with Crippen molar-refractivity contribution >= 4 is 17.4 Å². The summed E-state index contributed by atoms with van der Waals surface area (Å²) in [6.45, 7) is 3.74. The van der Waals surface area contributed by atoms with Crippen LogP contribution in [-0.2, 0) is 0 Å². The molecule has 1 atom stereocenters. The zero-order valence-corrected chi connectivity index (χ0v) is 16.5. The standard InChI is InChI=1S/C20H17N5O3S/c1-13(19-21-14(2)23-28-19)29-20-22-18(12-24(20)16-8-4-3-5-9-16)15-7-6-10-17(11-15)25(26)27/h3-13H,1-2H3/t13-/m1/s1. The zero-order chi connectivity index (χ0) is 20.4. The molecule has 4 rings (SSSR count). The van der Waals surface area contributed by atoms with Crippen LogP contribution >= 0.6 is 11.8 Å². The first-order valence-electron chi connectivity index (χ1n) is 8.88. The number of nitro benzene ring substituents is 1. The number of aryl methyl sites for hydroxylation is 1. The zero-order valence-electron chi connectivity index (χ0n) is 15.7. The molecular weight excluding hydrogens is 390 g/mol. The monoisotopic (exact) mass is 407 g/mol. The highest BCUT2D eigenvalue weighted by Crippen LogP contribution is 2.36. The van der Waals surface area contributed by atoms with Crippen LogP contribution in [0.5, 0.6) is 0 Å². The van der Waals surface area contributed by atoms with Gasteiger partial charge in [-0.25, -0.2) is 4.98 Å². The number of thioether (sulfide) groups is 1. The molecule has 4 aromatic rings. The maximum absolute atomic E-state index is 11.1. The van der Waals surface area contributed by atoms with Gasteiger partial charge in [-0.1, -0.05) is 47.3 Å². The lowest BCUT2D eigenvalue weighted by molar-refractivity contribution is -0.384. The maximum Gasteiger partial charge on any atom is 0.270 e. The summed E-state index contributed by atoms with van der Waals surface area (Å²) in [5.74, 6) is 1.10. The molecule has 9 heteroatoms. The Balaban J connectivity index is 1.75. The second-order valence-corrected chi connectivity index (χ2v) is 7.67. The lowest BCUT2D eigenvalue weighted by Crippen LogP contribution is -1.97. The van der Waals surface area contributed by atoms with Crippen LogP contribution in [0.2, 0.25) is 0 Å². The molecule has 146 valence electrons. The van der Waals surface area contributed by atoms with E-state index < -0.39 is 4.92 Å². The van der Waals surface area contributed by atoms with Crippen molar-refractivity contribution in [1.82, 2.24) is 19.7 Å². The third kappa shape index (κ3) is 4.04.